The van der Waals surface area contributed by atoms with Crippen molar-refractivity contribution in [1.29, 1.82) is 0 Å². The molecule has 4 heteroatoms. The summed E-state index contributed by atoms with van der Waals surface area (Å²) >= 11 is 3.66. The lowest BCUT2D eigenvalue weighted by molar-refractivity contribution is -0.00195. The van der Waals surface area contributed by atoms with Crippen molar-refractivity contribution in [3.8, 4) is 0 Å². The summed E-state index contributed by atoms with van der Waals surface area (Å²) in [7, 11) is 1.86. The molecule has 4 rings (SSSR count). The van der Waals surface area contributed by atoms with Gasteiger partial charge < -0.3 is 4.74 Å². The van der Waals surface area contributed by atoms with E-state index in [1.165, 1.54) is 22.0 Å². The van der Waals surface area contributed by atoms with Gasteiger partial charge in [-0.3, -0.25) is 10.6 Å². The number of benzene rings is 1. The molecule has 4 unspecified atom stereocenters. The Morgan fingerprint density at radius 2 is 2.00 bits per heavy atom. The molecule has 1 saturated heterocycles. The molecule has 1 aliphatic heterocycles. The van der Waals surface area contributed by atoms with Gasteiger partial charge in [0.05, 0.1) is 11.8 Å². The summed E-state index contributed by atoms with van der Waals surface area (Å²) in [6.07, 6.45) is 2.70. The molecule has 0 radical (unpaired) electrons. The lowest BCUT2D eigenvalue weighted by atomic mass is 9.69. The first-order valence-corrected chi connectivity index (χ1v) is 8.78. The Morgan fingerprint density at radius 1 is 1.24 bits per heavy atom. The molecule has 2 fully saturated rings. The van der Waals surface area contributed by atoms with E-state index in [0.717, 1.165) is 19.5 Å². The number of rotatable bonds is 1. The van der Waals surface area contributed by atoms with Gasteiger partial charge >= 0.3 is 0 Å². The Labute approximate surface area is 135 Å². The van der Waals surface area contributed by atoms with E-state index in [-0.39, 0.29) is 5.66 Å². The SMILES string of the molecule is COC1CC(C)C2c3ccc(Br)cc3C3(NCCN3)C2C1. The van der Waals surface area contributed by atoms with Crippen LogP contribution in [0.4, 0.5) is 0 Å². The minimum atomic E-state index is -0.0464. The Bertz CT molecular complexity index is 556. The van der Waals surface area contributed by atoms with Gasteiger partial charge in [-0.05, 0) is 47.9 Å². The number of methoxy groups -OCH3 is 1. The predicted molar refractivity (Wildman–Crippen MR) is 87.3 cm³/mol. The lowest BCUT2D eigenvalue weighted by Crippen LogP contribution is -2.53. The van der Waals surface area contributed by atoms with E-state index in [9.17, 15) is 0 Å². The summed E-state index contributed by atoms with van der Waals surface area (Å²) in [5.41, 5.74) is 2.94. The van der Waals surface area contributed by atoms with Crippen LogP contribution in [0.25, 0.3) is 0 Å². The van der Waals surface area contributed by atoms with Crippen molar-refractivity contribution >= 4 is 15.9 Å². The second-order valence-electron chi connectivity index (χ2n) is 6.83. The van der Waals surface area contributed by atoms with Crippen LogP contribution in [0.5, 0.6) is 0 Å². The van der Waals surface area contributed by atoms with Crippen LogP contribution in [0.2, 0.25) is 0 Å². The molecule has 1 spiro atoms. The maximum Gasteiger partial charge on any atom is 0.0989 e. The van der Waals surface area contributed by atoms with Crippen LogP contribution >= 0.6 is 15.9 Å². The second kappa shape index (κ2) is 5.05. The van der Waals surface area contributed by atoms with Crippen molar-refractivity contribution in [1.82, 2.24) is 10.6 Å². The third-order valence-electron chi connectivity index (χ3n) is 5.82. The standard InChI is InChI=1S/C17H23BrN2O/c1-10-7-12(21-2)9-15-16(10)13-4-3-11(18)8-14(13)17(15)19-5-6-20-17/h3-4,8,10,12,15-16,19-20H,5-7,9H2,1-2H3. The molecule has 3 aliphatic rings. The van der Waals surface area contributed by atoms with E-state index in [1.807, 2.05) is 7.11 Å². The van der Waals surface area contributed by atoms with Crippen LogP contribution in [0.15, 0.2) is 22.7 Å². The fourth-order valence-corrected chi connectivity index (χ4v) is 5.40. The van der Waals surface area contributed by atoms with Crippen molar-refractivity contribution < 1.29 is 4.74 Å². The number of hydrogen-bond donors (Lipinski definition) is 2. The first-order valence-electron chi connectivity index (χ1n) is 7.98. The fourth-order valence-electron chi connectivity index (χ4n) is 5.04. The Morgan fingerprint density at radius 3 is 2.71 bits per heavy atom. The Balaban J connectivity index is 1.85. The first-order chi connectivity index (χ1) is 10.2. The maximum absolute atomic E-state index is 5.73. The van der Waals surface area contributed by atoms with Gasteiger partial charge in [-0.25, -0.2) is 0 Å². The van der Waals surface area contributed by atoms with Crippen LogP contribution in [0.3, 0.4) is 0 Å². The monoisotopic (exact) mass is 350 g/mol. The highest BCUT2D eigenvalue weighted by Crippen LogP contribution is 2.57. The Hall–Kier alpha value is -0.420. The molecule has 0 amide bonds. The van der Waals surface area contributed by atoms with Gasteiger partial charge in [-0.2, -0.15) is 0 Å². The molecule has 1 aromatic rings. The van der Waals surface area contributed by atoms with E-state index >= 15 is 0 Å². The number of nitrogens with one attached hydrogen (secondary N) is 2. The van der Waals surface area contributed by atoms with Gasteiger partial charge in [0.1, 0.15) is 0 Å². The molecule has 3 nitrogen and oxygen atoms in total. The van der Waals surface area contributed by atoms with Crippen LogP contribution in [-0.2, 0) is 10.4 Å². The minimum Gasteiger partial charge on any atom is -0.381 e. The van der Waals surface area contributed by atoms with E-state index in [1.54, 1.807) is 0 Å². The quantitative estimate of drug-likeness (QED) is 0.816. The van der Waals surface area contributed by atoms with Crippen molar-refractivity contribution in [2.75, 3.05) is 20.2 Å². The molecule has 1 aromatic carbocycles. The summed E-state index contributed by atoms with van der Waals surface area (Å²) in [5, 5.41) is 7.58. The molecule has 21 heavy (non-hydrogen) atoms. The molecule has 0 aromatic heterocycles. The molecule has 114 valence electrons. The predicted octanol–water partition coefficient (Wildman–Crippen LogP) is 2.95. The largest absolute Gasteiger partial charge is 0.381 e. The molecule has 2 N–H and O–H groups in total. The summed E-state index contributed by atoms with van der Waals surface area (Å²) in [5.74, 6) is 1.88. The van der Waals surface area contributed by atoms with E-state index in [2.05, 4.69) is 51.7 Å². The lowest BCUT2D eigenvalue weighted by Gasteiger charge is -2.43. The normalized spacial score (nSPS) is 36.7. The smallest absolute Gasteiger partial charge is 0.0989 e. The van der Waals surface area contributed by atoms with Crippen LogP contribution < -0.4 is 10.6 Å². The molecular formula is C17H23BrN2O. The molecule has 1 heterocycles. The molecular weight excluding hydrogens is 328 g/mol. The first kappa shape index (κ1) is 14.2. The summed E-state index contributed by atoms with van der Waals surface area (Å²) in [4.78, 5) is 0. The minimum absolute atomic E-state index is 0.0464. The third kappa shape index (κ3) is 1.96. The summed E-state index contributed by atoms with van der Waals surface area (Å²) in [6, 6.07) is 6.84. The van der Waals surface area contributed by atoms with Crippen molar-refractivity contribution in [3.63, 3.8) is 0 Å². The topological polar surface area (TPSA) is 33.3 Å². The number of hydrogen-bond acceptors (Lipinski definition) is 3. The van der Waals surface area contributed by atoms with E-state index < -0.39 is 0 Å². The van der Waals surface area contributed by atoms with E-state index in [0.29, 0.717) is 23.9 Å². The van der Waals surface area contributed by atoms with Gasteiger partial charge in [0.15, 0.2) is 0 Å². The molecule has 1 saturated carbocycles. The highest BCUT2D eigenvalue weighted by Gasteiger charge is 2.56. The highest BCUT2D eigenvalue weighted by molar-refractivity contribution is 9.10. The summed E-state index contributed by atoms with van der Waals surface area (Å²) in [6.45, 7) is 4.48. The van der Waals surface area contributed by atoms with Gasteiger partial charge in [0, 0.05) is 30.6 Å². The number of halogens is 1. The summed E-state index contributed by atoms with van der Waals surface area (Å²) < 4.78 is 6.90. The van der Waals surface area contributed by atoms with Crippen molar-refractivity contribution in [2.24, 2.45) is 11.8 Å². The van der Waals surface area contributed by atoms with Crippen LogP contribution in [0.1, 0.15) is 36.8 Å². The zero-order chi connectivity index (χ0) is 14.6. The fraction of sp³-hybridized carbons (Fsp3) is 0.647. The third-order valence-corrected chi connectivity index (χ3v) is 6.31. The van der Waals surface area contributed by atoms with Gasteiger partial charge in [0.2, 0.25) is 0 Å². The van der Waals surface area contributed by atoms with Gasteiger partial charge in [-0.1, -0.05) is 28.9 Å². The van der Waals surface area contributed by atoms with Crippen molar-refractivity contribution in [3.05, 3.63) is 33.8 Å². The molecule has 0 bridgehead atoms. The van der Waals surface area contributed by atoms with Crippen LogP contribution in [0, 0.1) is 11.8 Å². The molecule has 4 atom stereocenters. The highest BCUT2D eigenvalue weighted by atomic mass is 79.9. The van der Waals surface area contributed by atoms with Gasteiger partial charge in [-0.15, -0.1) is 0 Å². The maximum atomic E-state index is 5.73. The second-order valence-corrected chi connectivity index (χ2v) is 7.75. The number of ether oxygens (including phenoxy) is 1. The van der Waals surface area contributed by atoms with Crippen molar-refractivity contribution in [2.45, 2.75) is 37.5 Å². The Kier molecular flexibility index (Phi) is 3.41. The zero-order valence-electron chi connectivity index (χ0n) is 12.7. The van der Waals surface area contributed by atoms with Gasteiger partial charge in [0.25, 0.3) is 0 Å². The zero-order valence-corrected chi connectivity index (χ0v) is 14.2. The average Bonchev–Trinajstić information content (AvgIpc) is 3.06. The van der Waals surface area contributed by atoms with Crippen LogP contribution in [-0.4, -0.2) is 26.3 Å². The molecule has 2 aliphatic carbocycles. The average molecular weight is 351 g/mol. The number of fused-ring (bicyclic) bond motifs is 5. The van der Waals surface area contributed by atoms with E-state index in [4.69, 9.17) is 4.74 Å².